The summed E-state index contributed by atoms with van der Waals surface area (Å²) in [6.07, 6.45) is 4.20. The van der Waals surface area contributed by atoms with Crippen molar-refractivity contribution in [3.8, 4) is 0 Å². The average Bonchev–Trinajstić information content (AvgIpc) is 2.93. The molecule has 0 aliphatic heterocycles. The molecule has 0 aromatic carbocycles. The fourth-order valence-corrected chi connectivity index (χ4v) is 5.14. The summed E-state index contributed by atoms with van der Waals surface area (Å²) >= 11 is 0. The predicted molar refractivity (Wildman–Crippen MR) is 82.7 cm³/mol. The molecule has 2 nitrogen and oxygen atoms in total. The van der Waals surface area contributed by atoms with Crippen LogP contribution in [0, 0.1) is 30.6 Å². The van der Waals surface area contributed by atoms with Crippen LogP contribution < -0.4 is 5.32 Å². The molecule has 1 aromatic rings. The summed E-state index contributed by atoms with van der Waals surface area (Å²) in [7, 11) is 0. The SMILES string of the molecule is Cc1cc(C(C)NC2C(C)(C)[C@H]3CC[C@]2(C)C3)c(C)o1. The standard InChI is InChI=1S/C18H29NO/c1-11-9-15(13(3)20-11)12(2)19-16-17(4,5)14-7-8-18(16,6)10-14/h9,12,14,16,19H,7-8,10H2,1-6H3/t12?,14-,16?,18+/m0/s1. The predicted octanol–water partition coefficient (Wildman–Crippen LogP) is 4.76. The van der Waals surface area contributed by atoms with E-state index in [2.05, 4.69) is 46.0 Å². The van der Waals surface area contributed by atoms with Gasteiger partial charge in [0.15, 0.2) is 0 Å². The van der Waals surface area contributed by atoms with Gasteiger partial charge >= 0.3 is 0 Å². The Labute approximate surface area is 123 Å². The van der Waals surface area contributed by atoms with Gasteiger partial charge in [0, 0.05) is 17.6 Å². The Bertz CT molecular complexity index is 511. The Hall–Kier alpha value is -0.760. The number of hydrogen-bond acceptors (Lipinski definition) is 2. The van der Waals surface area contributed by atoms with Gasteiger partial charge in [0.1, 0.15) is 11.5 Å². The molecule has 1 heterocycles. The molecule has 112 valence electrons. The van der Waals surface area contributed by atoms with Gasteiger partial charge in [-0.25, -0.2) is 0 Å². The normalized spacial score (nSPS) is 36.5. The van der Waals surface area contributed by atoms with Gasteiger partial charge in [-0.3, -0.25) is 0 Å². The molecule has 2 unspecified atom stereocenters. The van der Waals surface area contributed by atoms with E-state index in [0.717, 1.165) is 17.4 Å². The number of aryl methyl sites for hydroxylation is 2. The molecule has 0 amide bonds. The molecule has 0 spiro atoms. The minimum Gasteiger partial charge on any atom is -0.466 e. The highest BCUT2D eigenvalue weighted by atomic mass is 16.3. The molecule has 4 atom stereocenters. The maximum atomic E-state index is 5.70. The van der Waals surface area contributed by atoms with Crippen molar-refractivity contribution >= 4 is 0 Å². The van der Waals surface area contributed by atoms with Gasteiger partial charge in [-0.05, 0) is 62.8 Å². The van der Waals surface area contributed by atoms with Crippen LogP contribution in [0.4, 0.5) is 0 Å². The van der Waals surface area contributed by atoms with E-state index in [4.69, 9.17) is 4.42 Å². The summed E-state index contributed by atoms with van der Waals surface area (Å²) < 4.78 is 5.70. The van der Waals surface area contributed by atoms with E-state index in [0.29, 0.717) is 22.9 Å². The largest absolute Gasteiger partial charge is 0.466 e. The lowest BCUT2D eigenvalue weighted by molar-refractivity contribution is 0.100. The smallest absolute Gasteiger partial charge is 0.105 e. The van der Waals surface area contributed by atoms with E-state index in [1.54, 1.807) is 0 Å². The first-order chi connectivity index (χ1) is 9.24. The van der Waals surface area contributed by atoms with Gasteiger partial charge in [0.2, 0.25) is 0 Å². The van der Waals surface area contributed by atoms with Crippen LogP contribution in [0.1, 0.15) is 70.1 Å². The Morgan fingerprint density at radius 2 is 2.00 bits per heavy atom. The van der Waals surface area contributed by atoms with Crippen molar-refractivity contribution in [2.24, 2.45) is 16.7 Å². The summed E-state index contributed by atoms with van der Waals surface area (Å²) in [6.45, 7) is 13.8. The van der Waals surface area contributed by atoms with Gasteiger partial charge in [-0.15, -0.1) is 0 Å². The van der Waals surface area contributed by atoms with Crippen molar-refractivity contribution in [2.75, 3.05) is 0 Å². The molecule has 1 aromatic heterocycles. The quantitative estimate of drug-likeness (QED) is 0.860. The lowest BCUT2D eigenvalue weighted by Gasteiger charge is -2.44. The zero-order chi connectivity index (χ0) is 14.7. The summed E-state index contributed by atoms with van der Waals surface area (Å²) in [5, 5.41) is 3.95. The van der Waals surface area contributed by atoms with Crippen molar-refractivity contribution in [1.29, 1.82) is 0 Å². The summed E-state index contributed by atoms with van der Waals surface area (Å²) in [5.74, 6) is 2.97. The lowest BCUT2D eigenvalue weighted by Crippen LogP contribution is -2.51. The third-order valence-corrected chi connectivity index (χ3v) is 6.23. The van der Waals surface area contributed by atoms with Crippen molar-refractivity contribution in [3.63, 3.8) is 0 Å². The van der Waals surface area contributed by atoms with Gasteiger partial charge in [-0.1, -0.05) is 20.8 Å². The fourth-order valence-electron chi connectivity index (χ4n) is 5.14. The first-order valence-corrected chi connectivity index (χ1v) is 8.07. The molecule has 3 rings (SSSR count). The molecular weight excluding hydrogens is 246 g/mol. The molecule has 1 N–H and O–H groups in total. The summed E-state index contributed by atoms with van der Waals surface area (Å²) in [6, 6.07) is 3.17. The highest BCUT2D eigenvalue weighted by molar-refractivity contribution is 5.24. The van der Waals surface area contributed by atoms with E-state index in [9.17, 15) is 0 Å². The monoisotopic (exact) mass is 275 g/mol. The Morgan fingerprint density at radius 3 is 2.50 bits per heavy atom. The van der Waals surface area contributed by atoms with E-state index in [1.165, 1.54) is 24.8 Å². The van der Waals surface area contributed by atoms with Gasteiger partial charge in [-0.2, -0.15) is 0 Å². The van der Waals surface area contributed by atoms with Gasteiger partial charge < -0.3 is 9.73 Å². The van der Waals surface area contributed by atoms with Gasteiger partial charge in [0.25, 0.3) is 0 Å². The van der Waals surface area contributed by atoms with Crippen LogP contribution >= 0.6 is 0 Å². The molecule has 2 bridgehead atoms. The fraction of sp³-hybridized carbons (Fsp3) is 0.778. The maximum absolute atomic E-state index is 5.70. The number of rotatable bonds is 3. The van der Waals surface area contributed by atoms with E-state index < -0.39 is 0 Å². The van der Waals surface area contributed by atoms with Crippen LogP contribution in [0.5, 0.6) is 0 Å². The first-order valence-electron chi connectivity index (χ1n) is 8.07. The van der Waals surface area contributed by atoms with E-state index >= 15 is 0 Å². The van der Waals surface area contributed by atoms with Crippen molar-refractivity contribution in [3.05, 3.63) is 23.2 Å². The summed E-state index contributed by atoms with van der Waals surface area (Å²) in [4.78, 5) is 0. The van der Waals surface area contributed by atoms with Crippen LogP contribution in [0.2, 0.25) is 0 Å². The van der Waals surface area contributed by atoms with Crippen LogP contribution in [0.3, 0.4) is 0 Å². The van der Waals surface area contributed by atoms with Gasteiger partial charge in [0.05, 0.1) is 0 Å². The number of nitrogens with one attached hydrogen (secondary N) is 1. The molecule has 0 radical (unpaired) electrons. The van der Waals surface area contributed by atoms with E-state index in [1.807, 2.05) is 6.92 Å². The highest BCUT2D eigenvalue weighted by Crippen LogP contribution is 2.62. The zero-order valence-electron chi connectivity index (χ0n) is 13.8. The Kier molecular flexibility index (Phi) is 3.10. The van der Waals surface area contributed by atoms with Crippen LogP contribution in [-0.2, 0) is 0 Å². The minimum atomic E-state index is 0.368. The van der Waals surface area contributed by atoms with E-state index in [-0.39, 0.29) is 0 Å². The number of fused-ring (bicyclic) bond motifs is 2. The molecular formula is C18H29NO. The Balaban J connectivity index is 1.82. The van der Waals surface area contributed by atoms with Crippen molar-refractivity contribution in [1.82, 2.24) is 5.32 Å². The van der Waals surface area contributed by atoms with Crippen LogP contribution in [0.15, 0.2) is 10.5 Å². The second kappa shape index (κ2) is 4.37. The number of hydrogen-bond donors (Lipinski definition) is 1. The highest BCUT2D eigenvalue weighted by Gasteiger charge is 2.59. The van der Waals surface area contributed by atoms with Crippen LogP contribution in [-0.4, -0.2) is 6.04 Å². The molecule has 2 saturated carbocycles. The van der Waals surface area contributed by atoms with Crippen molar-refractivity contribution in [2.45, 2.75) is 72.9 Å². The minimum absolute atomic E-state index is 0.368. The molecule has 2 aliphatic rings. The number of furan rings is 1. The maximum Gasteiger partial charge on any atom is 0.105 e. The third-order valence-electron chi connectivity index (χ3n) is 6.23. The lowest BCUT2D eigenvalue weighted by atomic mass is 9.68. The molecule has 0 saturated heterocycles. The molecule has 2 heteroatoms. The molecule has 2 fully saturated rings. The average molecular weight is 275 g/mol. The first kappa shape index (κ1) is 14.2. The van der Waals surface area contributed by atoms with Crippen LogP contribution in [0.25, 0.3) is 0 Å². The second-order valence-corrected chi connectivity index (χ2v) is 8.11. The molecule has 20 heavy (non-hydrogen) atoms. The zero-order valence-corrected chi connectivity index (χ0v) is 13.8. The summed E-state index contributed by atoms with van der Waals surface area (Å²) in [5.41, 5.74) is 2.22. The third kappa shape index (κ3) is 1.95. The molecule has 2 aliphatic carbocycles. The Morgan fingerprint density at radius 1 is 1.30 bits per heavy atom. The van der Waals surface area contributed by atoms with Crippen molar-refractivity contribution < 1.29 is 4.42 Å². The topological polar surface area (TPSA) is 25.2 Å². The second-order valence-electron chi connectivity index (χ2n) is 8.11.